The van der Waals surface area contributed by atoms with Crippen LogP contribution in [0.1, 0.15) is 0 Å². The molecule has 0 saturated heterocycles. The second-order valence-corrected chi connectivity index (χ2v) is 4.17. The van der Waals surface area contributed by atoms with Crippen LogP contribution in [0.5, 0.6) is 0 Å². The van der Waals surface area contributed by atoms with E-state index in [1.807, 2.05) is 22.6 Å². The third-order valence-electron chi connectivity index (χ3n) is 1.55. The maximum atomic E-state index is 11.2. The van der Waals surface area contributed by atoms with Crippen LogP contribution in [0.2, 0.25) is 5.02 Å². The van der Waals surface area contributed by atoms with Crippen molar-refractivity contribution in [2.75, 3.05) is 12.4 Å². The lowest BCUT2D eigenvalue weighted by Gasteiger charge is -2.05. The van der Waals surface area contributed by atoms with Crippen molar-refractivity contribution in [1.29, 1.82) is 0 Å². The van der Waals surface area contributed by atoms with Crippen molar-refractivity contribution in [3.63, 3.8) is 0 Å². The average molecular weight is 340 g/mol. The molecule has 1 rings (SSSR count). The van der Waals surface area contributed by atoms with Crippen molar-refractivity contribution < 1.29 is 14.3 Å². The van der Waals surface area contributed by atoms with Crippen LogP contribution in [0, 0.1) is 3.57 Å². The molecule has 0 aliphatic carbocycles. The highest BCUT2D eigenvalue weighted by atomic mass is 127. The minimum atomic E-state index is -0.930. The van der Waals surface area contributed by atoms with Crippen LogP contribution in [0.4, 0.5) is 5.69 Å². The molecule has 1 N–H and O–H groups in total. The van der Waals surface area contributed by atoms with Crippen LogP contribution in [0.15, 0.2) is 18.2 Å². The molecule has 6 heteroatoms. The highest BCUT2D eigenvalue weighted by molar-refractivity contribution is 14.1. The summed E-state index contributed by atoms with van der Waals surface area (Å²) < 4.78 is 5.02. The normalized spacial score (nSPS) is 9.53. The van der Waals surface area contributed by atoms with Crippen molar-refractivity contribution in [1.82, 2.24) is 0 Å². The van der Waals surface area contributed by atoms with E-state index in [9.17, 15) is 9.59 Å². The molecule has 4 nitrogen and oxygen atoms in total. The molecular weight excluding hydrogens is 332 g/mol. The molecule has 0 heterocycles. The molecule has 0 atom stereocenters. The van der Waals surface area contributed by atoms with Gasteiger partial charge in [0.2, 0.25) is 0 Å². The van der Waals surface area contributed by atoms with Gasteiger partial charge in [-0.15, -0.1) is 0 Å². The molecule has 0 saturated carbocycles. The van der Waals surface area contributed by atoms with E-state index < -0.39 is 11.9 Å². The van der Waals surface area contributed by atoms with Gasteiger partial charge in [-0.05, 0) is 40.8 Å². The maximum absolute atomic E-state index is 11.2. The molecule has 0 aromatic heterocycles. The topological polar surface area (TPSA) is 55.4 Å². The first-order valence-corrected chi connectivity index (χ1v) is 5.34. The van der Waals surface area contributed by atoms with Gasteiger partial charge in [0.25, 0.3) is 0 Å². The van der Waals surface area contributed by atoms with Crippen molar-refractivity contribution in [3.8, 4) is 0 Å². The monoisotopic (exact) mass is 339 g/mol. The predicted octanol–water partition coefficient (Wildman–Crippen LogP) is 2.06. The molecule has 1 amide bonds. The summed E-state index contributed by atoms with van der Waals surface area (Å²) in [5.41, 5.74) is 0.524. The smallest absolute Gasteiger partial charge is 0.396 e. The number of ether oxygens (including phenoxy) is 1. The maximum Gasteiger partial charge on any atom is 0.396 e. The number of hydrogen-bond donors (Lipinski definition) is 1. The van der Waals surface area contributed by atoms with Gasteiger partial charge in [0.15, 0.2) is 0 Å². The third kappa shape index (κ3) is 3.35. The van der Waals surface area contributed by atoms with E-state index >= 15 is 0 Å². The Kier molecular flexibility index (Phi) is 4.34. The molecule has 1 aromatic rings. The second kappa shape index (κ2) is 5.32. The van der Waals surface area contributed by atoms with Gasteiger partial charge in [0, 0.05) is 8.59 Å². The number of carbonyl (C=O) groups excluding carboxylic acids is 2. The van der Waals surface area contributed by atoms with Crippen molar-refractivity contribution in [3.05, 3.63) is 26.8 Å². The summed E-state index contributed by atoms with van der Waals surface area (Å²) in [6.45, 7) is 0. The fourth-order valence-electron chi connectivity index (χ4n) is 0.857. The molecule has 0 radical (unpaired) electrons. The van der Waals surface area contributed by atoms with Crippen molar-refractivity contribution in [2.45, 2.75) is 0 Å². The third-order valence-corrected chi connectivity index (χ3v) is 2.68. The van der Waals surface area contributed by atoms with E-state index in [4.69, 9.17) is 11.6 Å². The summed E-state index contributed by atoms with van der Waals surface area (Å²) in [6.07, 6.45) is 0. The number of esters is 1. The van der Waals surface area contributed by atoms with E-state index in [-0.39, 0.29) is 0 Å². The molecule has 0 spiro atoms. The lowest BCUT2D eigenvalue weighted by molar-refractivity contribution is -0.150. The number of anilines is 1. The minimum Gasteiger partial charge on any atom is -0.462 e. The zero-order chi connectivity index (χ0) is 11.4. The Balaban J connectivity index is 2.81. The lowest BCUT2D eigenvalue weighted by atomic mass is 10.3. The lowest BCUT2D eigenvalue weighted by Crippen LogP contribution is -2.24. The molecule has 0 aliphatic heterocycles. The van der Waals surface area contributed by atoms with Crippen LogP contribution in [-0.4, -0.2) is 19.0 Å². The number of benzene rings is 1. The summed E-state index contributed by atoms with van der Waals surface area (Å²) in [6, 6.07) is 4.91. The summed E-state index contributed by atoms with van der Waals surface area (Å²) in [4.78, 5) is 22.0. The number of methoxy groups -OCH3 is 1. The Morgan fingerprint density at radius 3 is 2.67 bits per heavy atom. The van der Waals surface area contributed by atoms with Gasteiger partial charge in [-0.3, -0.25) is 4.79 Å². The predicted molar refractivity (Wildman–Crippen MR) is 64.8 cm³/mol. The first kappa shape index (κ1) is 12.3. The molecule has 80 valence electrons. The number of amides is 1. The number of carbonyl (C=O) groups is 2. The van der Waals surface area contributed by atoms with Crippen LogP contribution in [0.25, 0.3) is 0 Å². The van der Waals surface area contributed by atoms with Crippen molar-refractivity contribution >= 4 is 51.8 Å². The zero-order valence-corrected chi connectivity index (χ0v) is 10.6. The minimum absolute atomic E-state index is 0.524. The average Bonchev–Trinajstić information content (AvgIpc) is 2.20. The first-order chi connectivity index (χ1) is 7.04. The molecule has 0 aliphatic rings. The first-order valence-electron chi connectivity index (χ1n) is 3.89. The number of halogens is 2. The van der Waals surface area contributed by atoms with Crippen molar-refractivity contribution in [2.24, 2.45) is 0 Å². The summed E-state index contributed by atoms with van der Waals surface area (Å²) in [5.74, 6) is -1.74. The summed E-state index contributed by atoms with van der Waals surface area (Å²) in [7, 11) is 1.15. The van der Waals surface area contributed by atoms with Gasteiger partial charge in [0.1, 0.15) is 0 Å². The molecule has 1 aromatic carbocycles. The van der Waals surface area contributed by atoms with Crippen LogP contribution in [0.3, 0.4) is 0 Å². The Morgan fingerprint density at radius 1 is 1.47 bits per heavy atom. The van der Waals surface area contributed by atoms with Crippen LogP contribution in [-0.2, 0) is 14.3 Å². The number of nitrogens with one attached hydrogen (secondary N) is 1. The van der Waals surface area contributed by atoms with Gasteiger partial charge in [-0.1, -0.05) is 11.6 Å². The fraction of sp³-hybridized carbons (Fsp3) is 0.111. The van der Waals surface area contributed by atoms with E-state index in [2.05, 4.69) is 10.1 Å². The number of rotatable bonds is 1. The van der Waals surface area contributed by atoms with Gasteiger partial charge in [-0.25, -0.2) is 4.79 Å². The highest BCUT2D eigenvalue weighted by Gasteiger charge is 2.14. The van der Waals surface area contributed by atoms with Crippen LogP contribution >= 0.6 is 34.2 Å². The Hall–Kier alpha value is -0.820. The fourth-order valence-corrected chi connectivity index (χ4v) is 1.86. The zero-order valence-electron chi connectivity index (χ0n) is 7.71. The Morgan fingerprint density at radius 2 is 2.13 bits per heavy atom. The van der Waals surface area contributed by atoms with Gasteiger partial charge >= 0.3 is 11.9 Å². The summed E-state index contributed by atoms with van der Waals surface area (Å²) >= 11 is 7.74. The Bertz CT molecular complexity index is 408. The number of hydrogen-bond acceptors (Lipinski definition) is 3. The molecule has 0 bridgehead atoms. The summed E-state index contributed by atoms with van der Waals surface area (Å²) in [5, 5.41) is 2.97. The van der Waals surface area contributed by atoms with E-state index in [0.717, 1.165) is 10.7 Å². The Labute approximate surface area is 105 Å². The standard InChI is InChI=1S/C9H7ClINO3/c1-15-9(14)8(13)12-7-3-2-5(10)4-6(7)11/h2-4H,1H3,(H,12,13). The molecule has 15 heavy (non-hydrogen) atoms. The van der Waals surface area contributed by atoms with Gasteiger partial charge in [-0.2, -0.15) is 0 Å². The second-order valence-electron chi connectivity index (χ2n) is 2.57. The highest BCUT2D eigenvalue weighted by Crippen LogP contribution is 2.22. The van der Waals surface area contributed by atoms with Crippen LogP contribution < -0.4 is 5.32 Å². The quantitative estimate of drug-likeness (QED) is 0.484. The largest absolute Gasteiger partial charge is 0.462 e. The molecule has 0 unspecified atom stereocenters. The van der Waals surface area contributed by atoms with E-state index in [1.54, 1.807) is 18.2 Å². The van der Waals surface area contributed by atoms with Gasteiger partial charge < -0.3 is 10.1 Å². The van der Waals surface area contributed by atoms with E-state index in [0.29, 0.717) is 10.7 Å². The van der Waals surface area contributed by atoms with Gasteiger partial charge in [0.05, 0.1) is 12.8 Å². The van der Waals surface area contributed by atoms with E-state index in [1.165, 1.54) is 0 Å². The molecular formula is C9H7ClINO3. The SMILES string of the molecule is COC(=O)C(=O)Nc1ccc(Cl)cc1I. The molecule has 0 fully saturated rings.